The number of nitrogens with zero attached hydrogens (tertiary/aromatic N) is 1. The van der Waals surface area contributed by atoms with Crippen molar-refractivity contribution in [2.75, 3.05) is 13.2 Å². The first kappa shape index (κ1) is 18.0. The minimum atomic E-state index is -0.626. The molecule has 1 aromatic rings. The molecule has 148 valence electrons. The highest BCUT2D eigenvalue weighted by atomic mass is 16.8. The summed E-state index contributed by atoms with van der Waals surface area (Å²) in [6, 6.07) is 8.76. The van der Waals surface area contributed by atoms with Gasteiger partial charge in [0.15, 0.2) is 17.9 Å². The van der Waals surface area contributed by atoms with E-state index >= 15 is 0 Å². The SMILES string of the molecule is CC1(C)O[C@H]2O[C@H]([C@H]3COC(C)(C)O3)[C@H](N3CCc4ccccc4C3)[C@H]2O1. The van der Waals surface area contributed by atoms with E-state index in [1.54, 1.807) is 0 Å². The molecule has 6 heteroatoms. The van der Waals surface area contributed by atoms with Crippen LogP contribution in [0.1, 0.15) is 38.8 Å². The summed E-state index contributed by atoms with van der Waals surface area (Å²) < 4.78 is 30.7. The van der Waals surface area contributed by atoms with Gasteiger partial charge in [0.1, 0.15) is 18.3 Å². The van der Waals surface area contributed by atoms with Gasteiger partial charge in [0.2, 0.25) is 0 Å². The van der Waals surface area contributed by atoms with Crippen LogP contribution in [0.2, 0.25) is 0 Å². The zero-order chi connectivity index (χ0) is 18.8. The van der Waals surface area contributed by atoms with Gasteiger partial charge in [-0.05, 0) is 45.2 Å². The second kappa shape index (κ2) is 6.24. The van der Waals surface area contributed by atoms with Crippen LogP contribution in [0.15, 0.2) is 24.3 Å². The van der Waals surface area contributed by atoms with E-state index in [4.69, 9.17) is 23.7 Å². The lowest BCUT2D eigenvalue weighted by molar-refractivity contribution is -0.228. The summed E-state index contributed by atoms with van der Waals surface area (Å²) in [5.41, 5.74) is 2.82. The molecule has 0 aromatic heterocycles. The van der Waals surface area contributed by atoms with Crippen molar-refractivity contribution in [1.29, 1.82) is 0 Å². The molecule has 0 bridgehead atoms. The van der Waals surface area contributed by atoms with Crippen LogP contribution in [0.5, 0.6) is 0 Å². The molecule has 0 N–H and O–H groups in total. The Kier molecular flexibility index (Phi) is 4.17. The van der Waals surface area contributed by atoms with Crippen LogP contribution in [-0.2, 0) is 36.6 Å². The van der Waals surface area contributed by atoms with E-state index in [1.807, 2.05) is 27.7 Å². The predicted octanol–water partition coefficient (Wildman–Crippen LogP) is 2.44. The average Bonchev–Trinajstić information content (AvgIpc) is 3.23. The average molecular weight is 375 g/mol. The minimum absolute atomic E-state index is 0.0765. The van der Waals surface area contributed by atoms with Crippen LogP contribution >= 0.6 is 0 Å². The van der Waals surface area contributed by atoms with Gasteiger partial charge in [-0.1, -0.05) is 24.3 Å². The van der Waals surface area contributed by atoms with E-state index in [9.17, 15) is 0 Å². The zero-order valence-corrected chi connectivity index (χ0v) is 16.5. The quantitative estimate of drug-likeness (QED) is 0.791. The van der Waals surface area contributed by atoms with Gasteiger partial charge < -0.3 is 23.7 Å². The predicted molar refractivity (Wildman–Crippen MR) is 97.9 cm³/mol. The molecular weight excluding hydrogens is 346 g/mol. The summed E-state index contributed by atoms with van der Waals surface area (Å²) in [5, 5.41) is 0. The number of hydrogen-bond acceptors (Lipinski definition) is 6. The first-order valence-electron chi connectivity index (χ1n) is 9.95. The Bertz CT molecular complexity index is 720. The summed E-state index contributed by atoms with van der Waals surface area (Å²) in [6.07, 6.45) is 0.294. The second-order valence-electron chi connectivity index (χ2n) is 8.92. The maximum absolute atomic E-state index is 6.36. The summed E-state index contributed by atoms with van der Waals surface area (Å²) in [5.74, 6) is -1.20. The zero-order valence-electron chi connectivity index (χ0n) is 16.5. The third kappa shape index (κ3) is 3.22. The van der Waals surface area contributed by atoms with Gasteiger partial charge in [-0.25, -0.2) is 0 Å². The lowest BCUT2D eigenvalue weighted by atomic mass is 9.94. The van der Waals surface area contributed by atoms with Gasteiger partial charge in [-0.2, -0.15) is 0 Å². The molecule has 4 aliphatic rings. The second-order valence-corrected chi connectivity index (χ2v) is 8.92. The smallest absolute Gasteiger partial charge is 0.189 e. The maximum Gasteiger partial charge on any atom is 0.189 e. The molecule has 1 aromatic carbocycles. The third-order valence-corrected chi connectivity index (χ3v) is 6.03. The molecule has 0 unspecified atom stereocenters. The first-order valence-corrected chi connectivity index (χ1v) is 9.95. The van der Waals surface area contributed by atoms with E-state index in [2.05, 4.69) is 29.2 Å². The number of benzene rings is 1. The van der Waals surface area contributed by atoms with Crippen molar-refractivity contribution in [3.05, 3.63) is 35.4 Å². The highest BCUT2D eigenvalue weighted by Gasteiger charge is 2.59. The van der Waals surface area contributed by atoms with Crippen molar-refractivity contribution >= 4 is 0 Å². The fraction of sp³-hybridized carbons (Fsp3) is 0.714. The van der Waals surface area contributed by atoms with Gasteiger partial charge in [0.05, 0.1) is 12.6 Å². The third-order valence-electron chi connectivity index (χ3n) is 6.03. The molecular formula is C21H29NO5. The van der Waals surface area contributed by atoms with Crippen LogP contribution < -0.4 is 0 Å². The standard InChI is InChI=1S/C21H29NO5/c1-20(2)23-12-15(25-20)17-16(18-19(24-17)27-21(3,4)26-18)22-10-9-13-7-5-6-8-14(13)11-22/h5-8,15-19H,9-12H2,1-4H3/t15-,16+,17-,18-,19-/m1/s1. The lowest BCUT2D eigenvalue weighted by Crippen LogP contribution is -2.54. The summed E-state index contributed by atoms with van der Waals surface area (Å²) >= 11 is 0. The Morgan fingerprint density at radius 2 is 1.70 bits per heavy atom. The lowest BCUT2D eigenvalue weighted by Gasteiger charge is -2.39. The molecule has 0 radical (unpaired) electrons. The fourth-order valence-corrected chi connectivity index (χ4v) is 4.89. The molecule has 3 fully saturated rings. The molecule has 6 nitrogen and oxygen atoms in total. The van der Waals surface area contributed by atoms with Crippen molar-refractivity contribution in [1.82, 2.24) is 4.90 Å². The molecule has 0 amide bonds. The van der Waals surface area contributed by atoms with Gasteiger partial charge in [0.25, 0.3) is 0 Å². The Balaban J connectivity index is 1.43. The molecule has 0 spiro atoms. The Hall–Kier alpha value is -1.02. The molecule has 5 rings (SSSR count). The van der Waals surface area contributed by atoms with Crippen molar-refractivity contribution in [3.8, 4) is 0 Å². The van der Waals surface area contributed by atoms with Crippen molar-refractivity contribution in [3.63, 3.8) is 0 Å². The normalized spacial score (nSPS) is 40.1. The van der Waals surface area contributed by atoms with Crippen LogP contribution in [0.25, 0.3) is 0 Å². The first-order chi connectivity index (χ1) is 12.8. The molecule has 0 saturated carbocycles. The van der Waals surface area contributed by atoms with Crippen LogP contribution in [-0.4, -0.2) is 60.3 Å². The molecule has 3 saturated heterocycles. The van der Waals surface area contributed by atoms with Gasteiger partial charge in [-0.3, -0.25) is 4.90 Å². The van der Waals surface area contributed by atoms with E-state index in [0.717, 1.165) is 19.5 Å². The Morgan fingerprint density at radius 3 is 2.44 bits per heavy atom. The maximum atomic E-state index is 6.36. The summed E-state index contributed by atoms with van der Waals surface area (Å²) in [6.45, 7) is 10.2. The molecule has 5 atom stereocenters. The Labute approximate surface area is 160 Å². The van der Waals surface area contributed by atoms with Crippen molar-refractivity contribution in [2.45, 2.75) is 82.9 Å². The minimum Gasteiger partial charge on any atom is -0.348 e. The van der Waals surface area contributed by atoms with Crippen LogP contribution in [0.3, 0.4) is 0 Å². The largest absolute Gasteiger partial charge is 0.348 e. The van der Waals surface area contributed by atoms with Gasteiger partial charge in [-0.15, -0.1) is 0 Å². The van der Waals surface area contributed by atoms with Gasteiger partial charge >= 0.3 is 0 Å². The Morgan fingerprint density at radius 1 is 0.926 bits per heavy atom. The van der Waals surface area contributed by atoms with E-state index in [1.165, 1.54) is 11.1 Å². The highest BCUT2D eigenvalue weighted by Crippen LogP contribution is 2.43. The summed E-state index contributed by atoms with van der Waals surface area (Å²) in [4.78, 5) is 2.48. The fourth-order valence-electron chi connectivity index (χ4n) is 4.89. The molecule has 27 heavy (non-hydrogen) atoms. The molecule has 4 aliphatic heterocycles. The van der Waals surface area contributed by atoms with Crippen molar-refractivity contribution < 1.29 is 23.7 Å². The summed E-state index contributed by atoms with van der Waals surface area (Å²) in [7, 11) is 0. The number of rotatable bonds is 2. The molecule has 4 heterocycles. The van der Waals surface area contributed by atoms with Gasteiger partial charge in [0, 0.05) is 13.1 Å². The van der Waals surface area contributed by atoms with Crippen molar-refractivity contribution in [2.24, 2.45) is 0 Å². The van der Waals surface area contributed by atoms with Crippen LogP contribution in [0, 0.1) is 0 Å². The monoisotopic (exact) mass is 375 g/mol. The molecule has 0 aliphatic carbocycles. The van der Waals surface area contributed by atoms with E-state index in [-0.39, 0.29) is 30.6 Å². The topological polar surface area (TPSA) is 49.4 Å². The number of fused-ring (bicyclic) bond motifs is 2. The van der Waals surface area contributed by atoms with E-state index < -0.39 is 11.6 Å². The van der Waals surface area contributed by atoms with Crippen LogP contribution in [0.4, 0.5) is 0 Å². The van der Waals surface area contributed by atoms with E-state index in [0.29, 0.717) is 6.61 Å². The highest BCUT2D eigenvalue weighted by molar-refractivity contribution is 5.29. The number of hydrogen-bond donors (Lipinski definition) is 0. The number of ether oxygens (including phenoxy) is 5.